The second kappa shape index (κ2) is 6.22. The summed E-state index contributed by atoms with van der Waals surface area (Å²) in [7, 11) is 0. The minimum Gasteiger partial charge on any atom is -0.293 e. The van der Waals surface area contributed by atoms with E-state index in [2.05, 4.69) is 25.9 Å². The van der Waals surface area contributed by atoms with Crippen LogP contribution in [0.25, 0.3) is 11.4 Å². The summed E-state index contributed by atoms with van der Waals surface area (Å²) in [6.45, 7) is 2.73. The zero-order valence-corrected chi connectivity index (χ0v) is 12.8. The highest BCUT2D eigenvalue weighted by atomic mass is 15.1. The quantitative estimate of drug-likeness (QED) is 0.744. The van der Waals surface area contributed by atoms with Crippen molar-refractivity contribution < 1.29 is 0 Å². The van der Waals surface area contributed by atoms with E-state index >= 15 is 0 Å². The highest BCUT2D eigenvalue weighted by Crippen LogP contribution is 2.21. The van der Waals surface area contributed by atoms with Crippen molar-refractivity contribution in [1.82, 2.24) is 24.8 Å². The van der Waals surface area contributed by atoms with Gasteiger partial charge in [0.2, 0.25) is 0 Å². The molecule has 0 aliphatic carbocycles. The van der Waals surface area contributed by atoms with Crippen molar-refractivity contribution in [2.75, 3.05) is 6.54 Å². The summed E-state index contributed by atoms with van der Waals surface area (Å²) in [4.78, 5) is 20.2. The van der Waals surface area contributed by atoms with E-state index in [1.165, 1.54) is 5.56 Å². The Morgan fingerprint density at radius 1 is 1.00 bits per heavy atom. The van der Waals surface area contributed by atoms with Gasteiger partial charge in [0.25, 0.3) is 0 Å². The maximum absolute atomic E-state index is 4.73. The van der Waals surface area contributed by atoms with Gasteiger partial charge in [-0.05, 0) is 24.3 Å². The molecule has 0 saturated heterocycles. The average Bonchev–Trinajstić information content (AvgIpc) is 2.63. The first-order valence-electron chi connectivity index (χ1n) is 7.76. The third-order valence-corrected chi connectivity index (χ3v) is 4.04. The lowest BCUT2D eigenvalue weighted by Gasteiger charge is -2.27. The molecule has 3 aromatic heterocycles. The Balaban J connectivity index is 1.52. The summed E-state index contributed by atoms with van der Waals surface area (Å²) >= 11 is 0. The van der Waals surface area contributed by atoms with Crippen LogP contribution in [-0.4, -0.2) is 31.4 Å². The van der Waals surface area contributed by atoms with E-state index in [9.17, 15) is 0 Å². The predicted octanol–water partition coefficient (Wildman–Crippen LogP) is 2.49. The molecule has 0 radical (unpaired) electrons. The van der Waals surface area contributed by atoms with Gasteiger partial charge in [-0.25, -0.2) is 9.97 Å². The van der Waals surface area contributed by atoms with E-state index < -0.39 is 0 Å². The van der Waals surface area contributed by atoms with Gasteiger partial charge in [-0.3, -0.25) is 14.9 Å². The number of aromatic nitrogens is 4. The highest BCUT2D eigenvalue weighted by Gasteiger charge is 2.19. The van der Waals surface area contributed by atoms with Gasteiger partial charge >= 0.3 is 0 Å². The van der Waals surface area contributed by atoms with Gasteiger partial charge in [0, 0.05) is 62.0 Å². The normalized spacial score (nSPS) is 14.4. The molecule has 0 aromatic carbocycles. The van der Waals surface area contributed by atoms with Gasteiger partial charge in [-0.2, -0.15) is 0 Å². The van der Waals surface area contributed by atoms with Gasteiger partial charge in [0.15, 0.2) is 5.82 Å². The fourth-order valence-electron chi connectivity index (χ4n) is 2.86. The Morgan fingerprint density at radius 2 is 2.00 bits per heavy atom. The lowest BCUT2D eigenvalue weighted by Crippen LogP contribution is -2.31. The molecule has 23 heavy (non-hydrogen) atoms. The molecule has 1 aliphatic heterocycles. The molecular formula is C18H17N5. The van der Waals surface area contributed by atoms with Crippen LogP contribution in [-0.2, 0) is 19.5 Å². The fourth-order valence-corrected chi connectivity index (χ4v) is 2.86. The summed E-state index contributed by atoms with van der Waals surface area (Å²) in [5.41, 5.74) is 4.42. The van der Waals surface area contributed by atoms with Crippen molar-refractivity contribution >= 4 is 0 Å². The van der Waals surface area contributed by atoms with Gasteiger partial charge in [-0.1, -0.05) is 6.07 Å². The van der Waals surface area contributed by atoms with E-state index in [0.717, 1.165) is 48.8 Å². The third kappa shape index (κ3) is 3.10. The predicted molar refractivity (Wildman–Crippen MR) is 87.3 cm³/mol. The third-order valence-electron chi connectivity index (χ3n) is 4.04. The molecule has 4 heterocycles. The summed E-state index contributed by atoms with van der Waals surface area (Å²) in [5, 5.41) is 0. The van der Waals surface area contributed by atoms with Crippen LogP contribution < -0.4 is 0 Å². The largest absolute Gasteiger partial charge is 0.293 e. The van der Waals surface area contributed by atoms with Crippen molar-refractivity contribution in [3.8, 4) is 11.4 Å². The Labute approximate surface area is 135 Å². The molecule has 5 nitrogen and oxygen atoms in total. The molecule has 0 bridgehead atoms. The summed E-state index contributed by atoms with van der Waals surface area (Å²) in [6.07, 6.45) is 8.30. The molecule has 0 atom stereocenters. The van der Waals surface area contributed by atoms with Crippen molar-refractivity contribution in [2.24, 2.45) is 0 Å². The summed E-state index contributed by atoms with van der Waals surface area (Å²) in [5.74, 6) is 0.759. The second-order valence-electron chi connectivity index (χ2n) is 5.69. The SMILES string of the molecule is c1ccc(CN2CCc3nc(-c4cccnc4)ncc3C2)nc1. The number of fused-ring (bicyclic) bond motifs is 1. The van der Waals surface area contributed by atoms with Crippen molar-refractivity contribution in [3.05, 3.63) is 72.1 Å². The van der Waals surface area contributed by atoms with Gasteiger partial charge in [0.05, 0.1) is 11.4 Å². The smallest absolute Gasteiger partial charge is 0.160 e. The lowest BCUT2D eigenvalue weighted by molar-refractivity contribution is 0.240. The lowest BCUT2D eigenvalue weighted by atomic mass is 10.1. The number of nitrogens with zero attached hydrogens (tertiary/aromatic N) is 5. The first-order valence-corrected chi connectivity index (χ1v) is 7.76. The van der Waals surface area contributed by atoms with Crippen LogP contribution in [0.15, 0.2) is 55.1 Å². The number of hydrogen-bond donors (Lipinski definition) is 0. The Hall–Kier alpha value is -2.66. The highest BCUT2D eigenvalue weighted by molar-refractivity contribution is 5.53. The first-order chi connectivity index (χ1) is 11.4. The van der Waals surface area contributed by atoms with Gasteiger partial charge in [-0.15, -0.1) is 0 Å². The molecule has 0 unspecified atom stereocenters. The van der Waals surface area contributed by atoms with Crippen molar-refractivity contribution in [2.45, 2.75) is 19.5 Å². The van der Waals surface area contributed by atoms with E-state index in [-0.39, 0.29) is 0 Å². The van der Waals surface area contributed by atoms with E-state index in [0.29, 0.717) is 0 Å². The first kappa shape index (κ1) is 14.0. The van der Waals surface area contributed by atoms with Gasteiger partial charge in [0.1, 0.15) is 0 Å². The number of rotatable bonds is 3. The number of hydrogen-bond acceptors (Lipinski definition) is 5. The number of pyridine rings is 2. The Bertz CT molecular complexity index is 789. The van der Waals surface area contributed by atoms with E-state index in [4.69, 9.17) is 4.98 Å². The van der Waals surface area contributed by atoms with Crippen LogP contribution in [0.5, 0.6) is 0 Å². The van der Waals surface area contributed by atoms with E-state index in [1.807, 2.05) is 36.7 Å². The van der Waals surface area contributed by atoms with Crippen LogP contribution in [0.2, 0.25) is 0 Å². The summed E-state index contributed by atoms with van der Waals surface area (Å²) in [6, 6.07) is 9.95. The molecule has 1 aliphatic rings. The molecule has 0 amide bonds. The summed E-state index contributed by atoms with van der Waals surface area (Å²) < 4.78 is 0. The van der Waals surface area contributed by atoms with Crippen LogP contribution in [0.1, 0.15) is 17.0 Å². The zero-order valence-electron chi connectivity index (χ0n) is 12.8. The van der Waals surface area contributed by atoms with Crippen LogP contribution in [0.4, 0.5) is 0 Å². The molecule has 4 rings (SSSR count). The van der Waals surface area contributed by atoms with Crippen molar-refractivity contribution in [1.29, 1.82) is 0 Å². The topological polar surface area (TPSA) is 54.8 Å². The van der Waals surface area contributed by atoms with Crippen LogP contribution in [0.3, 0.4) is 0 Å². The molecule has 5 heteroatoms. The minimum atomic E-state index is 0.759. The maximum Gasteiger partial charge on any atom is 0.160 e. The maximum atomic E-state index is 4.73. The molecular weight excluding hydrogens is 286 g/mol. The van der Waals surface area contributed by atoms with Crippen LogP contribution >= 0.6 is 0 Å². The average molecular weight is 303 g/mol. The van der Waals surface area contributed by atoms with Gasteiger partial charge < -0.3 is 0 Å². The molecule has 3 aromatic rings. The molecule has 114 valence electrons. The van der Waals surface area contributed by atoms with Crippen LogP contribution in [0, 0.1) is 0 Å². The standard InChI is InChI=1S/C18H17N5/c1-2-8-20-16(5-1)13-23-9-6-17-15(12-23)11-21-18(22-17)14-4-3-7-19-10-14/h1-5,7-8,10-11H,6,9,12-13H2. The second-order valence-corrected chi connectivity index (χ2v) is 5.69. The van der Waals surface area contributed by atoms with Crippen molar-refractivity contribution in [3.63, 3.8) is 0 Å². The van der Waals surface area contributed by atoms with E-state index in [1.54, 1.807) is 12.4 Å². The minimum absolute atomic E-state index is 0.759. The molecule has 0 saturated carbocycles. The Kier molecular flexibility index (Phi) is 3.78. The molecule has 0 fully saturated rings. The monoisotopic (exact) mass is 303 g/mol. The zero-order chi connectivity index (χ0) is 15.5. The molecule has 0 spiro atoms. The molecule has 0 N–H and O–H groups in total. The Morgan fingerprint density at radius 3 is 2.83 bits per heavy atom. The fraction of sp³-hybridized carbons (Fsp3) is 0.222.